The zero-order valence-electron chi connectivity index (χ0n) is 38.6. The summed E-state index contributed by atoms with van der Waals surface area (Å²) in [6.07, 6.45) is 0. The fourth-order valence-electron chi connectivity index (χ4n) is 12.2. The Kier molecular flexibility index (Phi) is 7.62. The third kappa shape index (κ3) is 5.22. The molecule has 10 aromatic carbocycles. The molecule has 3 aliphatic rings. The van der Waals surface area contributed by atoms with Crippen LogP contribution >= 0.6 is 0 Å². The molecule has 0 unspecified atom stereocenters. The largest absolute Gasteiger partial charge is 0.456 e. The molecule has 1 aromatic heterocycles. The van der Waals surface area contributed by atoms with Gasteiger partial charge in [-0.2, -0.15) is 0 Å². The molecule has 2 aliphatic carbocycles. The number of benzene rings is 10. The van der Waals surface area contributed by atoms with Gasteiger partial charge in [0.2, 0.25) is 0 Å². The summed E-state index contributed by atoms with van der Waals surface area (Å²) < 4.78 is 13.4. The van der Waals surface area contributed by atoms with Gasteiger partial charge in [-0.25, -0.2) is 0 Å². The molecule has 14 rings (SSSR count). The van der Waals surface area contributed by atoms with Gasteiger partial charge < -0.3 is 9.15 Å². The quantitative estimate of drug-likeness (QED) is 0.173. The third-order valence-electron chi connectivity index (χ3n) is 15.4. The molecule has 2 heteroatoms. The van der Waals surface area contributed by atoms with Crippen molar-refractivity contribution in [3.63, 3.8) is 0 Å². The van der Waals surface area contributed by atoms with Gasteiger partial charge in [0, 0.05) is 21.7 Å². The number of fused-ring (bicyclic) bond motifs is 16. The maximum atomic E-state index is 6.88. The minimum absolute atomic E-state index is 0.00846. The second-order valence-corrected chi connectivity index (χ2v) is 21.2. The first-order valence-electron chi connectivity index (χ1n) is 23.7. The second-order valence-electron chi connectivity index (χ2n) is 21.2. The zero-order valence-corrected chi connectivity index (χ0v) is 38.6. The van der Waals surface area contributed by atoms with Crippen LogP contribution in [0.1, 0.15) is 74.9 Å². The summed E-state index contributed by atoms with van der Waals surface area (Å²) in [6.45, 7) is 14.0. The molecular formula is C65H48O2. The standard InChI is InChI=1S/C65H48O2/c1-63(2,3)40-25-27-44-45-28-26-41(64(4,5)6)36-55(45)65(54(44)35-40)52-21-10-9-16-49(52)60-46(20-12-22-53(60)65)43-29-31-58-62-47(43)18-11-19-48(62)50-33-39(24-30-56(50)66-58)42-17-13-23-57-61(42)51-32-37-14-7-8-15-38(37)34-59(51)67-57/h7-36H,1-6H3. The van der Waals surface area contributed by atoms with E-state index in [0.717, 1.165) is 55.5 Å². The van der Waals surface area contributed by atoms with Gasteiger partial charge >= 0.3 is 0 Å². The van der Waals surface area contributed by atoms with Crippen molar-refractivity contribution >= 4 is 43.5 Å². The minimum atomic E-state index is -0.476. The molecule has 0 fully saturated rings. The van der Waals surface area contributed by atoms with Crippen LogP contribution in [0, 0.1) is 0 Å². The van der Waals surface area contributed by atoms with Gasteiger partial charge in [0.1, 0.15) is 22.7 Å². The first kappa shape index (κ1) is 38.6. The minimum Gasteiger partial charge on any atom is -0.456 e. The van der Waals surface area contributed by atoms with Gasteiger partial charge in [-0.1, -0.05) is 187 Å². The van der Waals surface area contributed by atoms with Gasteiger partial charge in [-0.05, 0) is 147 Å². The fraction of sp³-hybridized carbons (Fsp3) is 0.138. The van der Waals surface area contributed by atoms with Crippen LogP contribution in [0.5, 0.6) is 11.5 Å². The Labute approximate surface area is 391 Å². The summed E-state index contributed by atoms with van der Waals surface area (Å²) in [4.78, 5) is 0. The Hall–Kier alpha value is -7.68. The molecule has 0 N–H and O–H groups in total. The highest BCUT2D eigenvalue weighted by Crippen LogP contribution is 2.65. The normalized spacial score (nSPS) is 14.1. The Morgan fingerprint density at radius 1 is 0.358 bits per heavy atom. The molecule has 320 valence electrons. The van der Waals surface area contributed by atoms with E-state index < -0.39 is 5.41 Å². The summed E-state index contributed by atoms with van der Waals surface area (Å²) >= 11 is 0. The maximum Gasteiger partial charge on any atom is 0.136 e. The molecule has 0 amide bonds. The summed E-state index contributed by atoms with van der Waals surface area (Å²) in [6, 6.07) is 68.2. The van der Waals surface area contributed by atoms with Crippen LogP contribution in [0.4, 0.5) is 0 Å². The first-order valence-corrected chi connectivity index (χ1v) is 23.7. The van der Waals surface area contributed by atoms with Gasteiger partial charge in [0.15, 0.2) is 0 Å². The second kappa shape index (κ2) is 13.2. The number of furan rings is 1. The Morgan fingerprint density at radius 2 is 0.970 bits per heavy atom. The van der Waals surface area contributed by atoms with Crippen molar-refractivity contribution in [1.82, 2.24) is 0 Å². The monoisotopic (exact) mass is 860 g/mol. The summed E-state index contributed by atoms with van der Waals surface area (Å²) in [5, 5.41) is 6.97. The molecule has 0 saturated heterocycles. The van der Waals surface area contributed by atoms with Gasteiger partial charge in [0.25, 0.3) is 0 Å². The van der Waals surface area contributed by atoms with Crippen LogP contribution in [-0.4, -0.2) is 0 Å². The number of rotatable bonds is 2. The van der Waals surface area contributed by atoms with E-state index >= 15 is 0 Å². The SMILES string of the molecule is CC(C)(C)c1ccc2c(c1)C1(c3cc(C(C)(C)C)ccc3-2)c2ccccc2-c2c(-c3ccc4c5c(cccc35)-c3cc(-c5cccc6oc7cc8ccccc8cc7c56)ccc3O4)cccc21. The summed E-state index contributed by atoms with van der Waals surface area (Å²) in [5.74, 6) is 1.75. The first-order chi connectivity index (χ1) is 32.5. The van der Waals surface area contributed by atoms with Crippen molar-refractivity contribution in [2.45, 2.75) is 57.8 Å². The average molecular weight is 861 g/mol. The lowest BCUT2D eigenvalue weighted by atomic mass is 9.68. The van der Waals surface area contributed by atoms with Crippen molar-refractivity contribution in [2.24, 2.45) is 0 Å². The molecule has 0 radical (unpaired) electrons. The highest BCUT2D eigenvalue weighted by molar-refractivity contribution is 6.17. The smallest absolute Gasteiger partial charge is 0.136 e. The molecule has 0 bridgehead atoms. The lowest BCUT2D eigenvalue weighted by Crippen LogP contribution is -2.27. The molecule has 1 spiro atoms. The van der Waals surface area contributed by atoms with E-state index in [0.29, 0.717) is 0 Å². The van der Waals surface area contributed by atoms with E-state index in [1.54, 1.807) is 0 Å². The molecule has 1 aliphatic heterocycles. The topological polar surface area (TPSA) is 22.4 Å². The highest BCUT2D eigenvalue weighted by atomic mass is 16.5. The van der Waals surface area contributed by atoms with E-state index in [1.165, 1.54) is 88.5 Å². The van der Waals surface area contributed by atoms with Gasteiger partial charge in [0.05, 0.1) is 5.41 Å². The van der Waals surface area contributed by atoms with Crippen molar-refractivity contribution in [1.29, 1.82) is 0 Å². The Balaban J connectivity index is 0.980. The van der Waals surface area contributed by atoms with Crippen LogP contribution in [0.2, 0.25) is 0 Å². The molecule has 11 aromatic rings. The van der Waals surface area contributed by atoms with Crippen LogP contribution in [-0.2, 0) is 16.2 Å². The van der Waals surface area contributed by atoms with Crippen molar-refractivity contribution in [2.75, 3.05) is 0 Å². The van der Waals surface area contributed by atoms with E-state index in [1.807, 2.05) is 0 Å². The molecule has 67 heavy (non-hydrogen) atoms. The highest BCUT2D eigenvalue weighted by Gasteiger charge is 2.53. The van der Waals surface area contributed by atoms with E-state index in [9.17, 15) is 0 Å². The van der Waals surface area contributed by atoms with E-state index in [2.05, 4.69) is 224 Å². The van der Waals surface area contributed by atoms with E-state index in [-0.39, 0.29) is 10.8 Å². The lowest BCUT2D eigenvalue weighted by molar-refractivity contribution is 0.487. The zero-order chi connectivity index (χ0) is 45.1. The predicted octanol–water partition coefficient (Wildman–Crippen LogP) is 17.9. The molecule has 0 saturated carbocycles. The van der Waals surface area contributed by atoms with Crippen LogP contribution < -0.4 is 4.74 Å². The molecule has 0 atom stereocenters. The maximum absolute atomic E-state index is 6.88. The lowest BCUT2D eigenvalue weighted by Gasteiger charge is -2.33. The van der Waals surface area contributed by atoms with Crippen molar-refractivity contribution in [3.05, 3.63) is 215 Å². The third-order valence-corrected chi connectivity index (χ3v) is 15.4. The van der Waals surface area contributed by atoms with Crippen LogP contribution in [0.3, 0.4) is 0 Å². The summed E-state index contributed by atoms with van der Waals surface area (Å²) in [7, 11) is 0. The number of ether oxygens (including phenoxy) is 1. The number of hydrogen-bond acceptors (Lipinski definition) is 2. The average Bonchev–Trinajstić information content (AvgIpc) is 3.96. The molecular weight excluding hydrogens is 813 g/mol. The summed E-state index contributed by atoms with van der Waals surface area (Å²) in [5.41, 5.74) is 21.8. The van der Waals surface area contributed by atoms with Crippen LogP contribution in [0.25, 0.3) is 99.1 Å². The van der Waals surface area contributed by atoms with E-state index in [4.69, 9.17) is 9.15 Å². The van der Waals surface area contributed by atoms with Crippen molar-refractivity contribution in [3.8, 4) is 67.1 Å². The molecule has 2 heterocycles. The van der Waals surface area contributed by atoms with Crippen LogP contribution in [0.15, 0.2) is 186 Å². The fourth-order valence-corrected chi connectivity index (χ4v) is 12.2. The number of hydrogen-bond donors (Lipinski definition) is 0. The van der Waals surface area contributed by atoms with Crippen molar-refractivity contribution < 1.29 is 9.15 Å². The Morgan fingerprint density at radius 3 is 1.73 bits per heavy atom. The van der Waals surface area contributed by atoms with Gasteiger partial charge in [-0.3, -0.25) is 0 Å². The molecule has 2 nitrogen and oxygen atoms in total. The van der Waals surface area contributed by atoms with Gasteiger partial charge in [-0.15, -0.1) is 0 Å². The predicted molar refractivity (Wildman–Crippen MR) is 279 cm³/mol. The Bertz CT molecular complexity index is 3910.